The lowest BCUT2D eigenvalue weighted by molar-refractivity contribution is -0.139. The van der Waals surface area contributed by atoms with E-state index in [-0.39, 0.29) is 6.04 Å². The number of piperazine rings is 1. The number of carbonyl (C=O) groups is 1. The van der Waals surface area contributed by atoms with Crippen molar-refractivity contribution < 1.29 is 9.90 Å². The molecule has 2 N–H and O–H groups in total. The Balaban J connectivity index is 1.34. The number of nitrogens with zero attached hydrogens (tertiary/aromatic N) is 2. The van der Waals surface area contributed by atoms with Crippen molar-refractivity contribution in [2.24, 2.45) is 5.92 Å². The summed E-state index contributed by atoms with van der Waals surface area (Å²) in [6.45, 7) is 6.71. The van der Waals surface area contributed by atoms with Crippen LogP contribution in [-0.2, 0) is 4.79 Å². The van der Waals surface area contributed by atoms with Crippen LogP contribution < -0.4 is 5.32 Å². The van der Waals surface area contributed by atoms with Crippen LogP contribution in [0.5, 0.6) is 0 Å². The van der Waals surface area contributed by atoms with Crippen molar-refractivity contribution in [3.8, 4) is 0 Å². The molecule has 0 bridgehead atoms. The lowest BCUT2D eigenvalue weighted by Gasteiger charge is -2.35. The van der Waals surface area contributed by atoms with Crippen LogP contribution in [0.4, 0.5) is 0 Å². The third kappa shape index (κ3) is 4.43. The lowest BCUT2D eigenvalue weighted by Crippen LogP contribution is -2.48. The van der Waals surface area contributed by atoms with Gasteiger partial charge in [-0.3, -0.25) is 4.79 Å². The highest BCUT2D eigenvalue weighted by Crippen LogP contribution is 2.29. The molecular formula is C15H27N3O2. The van der Waals surface area contributed by atoms with E-state index < -0.39 is 5.97 Å². The Bertz CT molecular complexity index is 334. The zero-order valence-electron chi connectivity index (χ0n) is 12.3. The summed E-state index contributed by atoms with van der Waals surface area (Å²) in [5.74, 6) is 0.282. The molecule has 20 heavy (non-hydrogen) atoms. The normalized spacial score (nSPS) is 26.6. The van der Waals surface area contributed by atoms with Gasteiger partial charge < -0.3 is 20.2 Å². The summed E-state index contributed by atoms with van der Waals surface area (Å²) in [5, 5.41) is 12.5. The summed E-state index contributed by atoms with van der Waals surface area (Å²) in [7, 11) is 0. The lowest BCUT2D eigenvalue weighted by atomic mass is 10.2. The molecule has 5 heteroatoms. The van der Waals surface area contributed by atoms with E-state index in [4.69, 9.17) is 0 Å². The third-order valence-electron chi connectivity index (χ3n) is 4.72. The number of nitrogens with one attached hydrogen (secondary N) is 1. The van der Waals surface area contributed by atoms with Gasteiger partial charge in [0.05, 0.1) is 0 Å². The molecule has 1 heterocycles. The summed E-state index contributed by atoms with van der Waals surface area (Å²) < 4.78 is 0. The van der Waals surface area contributed by atoms with E-state index in [0.29, 0.717) is 6.04 Å². The Morgan fingerprint density at radius 2 is 1.75 bits per heavy atom. The largest absolute Gasteiger partial charge is 0.480 e. The number of carboxylic acids is 1. The molecule has 0 radical (unpaired) electrons. The van der Waals surface area contributed by atoms with Crippen LogP contribution in [0.2, 0.25) is 0 Å². The monoisotopic (exact) mass is 281 g/mol. The fraction of sp³-hybridized carbons (Fsp3) is 0.933. The minimum Gasteiger partial charge on any atom is -0.480 e. The maximum Gasteiger partial charge on any atom is 0.320 e. The molecule has 0 aromatic carbocycles. The molecule has 0 aromatic heterocycles. The molecule has 114 valence electrons. The van der Waals surface area contributed by atoms with Crippen LogP contribution in [0.1, 0.15) is 32.1 Å². The minimum atomic E-state index is -0.690. The van der Waals surface area contributed by atoms with E-state index in [2.05, 4.69) is 15.1 Å². The molecule has 3 rings (SSSR count). The fourth-order valence-electron chi connectivity index (χ4n) is 2.99. The van der Waals surface area contributed by atoms with Crippen molar-refractivity contribution in [2.75, 3.05) is 39.3 Å². The Kier molecular flexibility index (Phi) is 4.58. The Morgan fingerprint density at radius 3 is 2.30 bits per heavy atom. The molecule has 3 aliphatic rings. The predicted molar refractivity (Wildman–Crippen MR) is 77.8 cm³/mol. The third-order valence-corrected chi connectivity index (χ3v) is 4.72. The van der Waals surface area contributed by atoms with Crippen molar-refractivity contribution in [1.29, 1.82) is 0 Å². The van der Waals surface area contributed by atoms with Crippen molar-refractivity contribution in [3.05, 3.63) is 0 Å². The van der Waals surface area contributed by atoms with Gasteiger partial charge in [-0.1, -0.05) is 0 Å². The van der Waals surface area contributed by atoms with Gasteiger partial charge in [0, 0.05) is 45.3 Å². The van der Waals surface area contributed by atoms with Gasteiger partial charge in [-0.2, -0.15) is 0 Å². The highest BCUT2D eigenvalue weighted by atomic mass is 16.4. The minimum absolute atomic E-state index is 0.355. The molecule has 3 fully saturated rings. The fourth-order valence-corrected chi connectivity index (χ4v) is 2.99. The highest BCUT2D eigenvalue weighted by Gasteiger charge is 2.29. The van der Waals surface area contributed by atoms with Gasteiger partial charge >= 0.3 is 5.97 Å². The van der Waals surface area contributed by atoms with Crippen molar-refractivity contribution in [1.82, 2.24) is 15.1 Å². The van der Waals surface area contributed by atoms with E-state index >= 15 is 0 Å². The van der Waals surface area contributed by atoms with Gasteiger partial charge in [0.1, 0.15) is 6.04 Å². The molecule has 2 aliphatic carbocycles. The van der Waals surface area contributed by atoms with Crippen molar-refractivity contribution >= 4 is 5.97 Å². The second-order valence-corrected chi connectivity index (χ2v) is 6.71. The zero-order valence-corrected chi connectivity index (χ0v) is 12.3. The van der Waals surface area contributed by atoms with Gasteiger partial charge in [0.2, 0.25) is 0 Å². The standard InChI is InChI=1S/C15H27N3O2/c19-15(20)14(16-13-3-4-13)5-6-17-7-9-18(10-8-17)11-12-1-2-12/h12-14,16H,1-11H2,(H,19,20). The quantitative estimate of drug-likeness (QED) is 0.683. The van der Waals surface area contributed by atoms with Gasteiger partial charge in [0.15, 0.2) is 0 Å². The van der Waals surface area contributed by atoms with Crippen LogP contribution in [0, 0.1) is 5.92 Å². The topological polar surface area (TPSA) is 55.8 Å². The average molecular weight is 281 g/mol. The average Bonchev–Trinajstić information content (AvgIpc) is 3.31. The van der Waals surface area contributed by atoms with Crippen LogP contribution in [0.25, 0.3) is 0 Å². The molecule has 1 unspecified atom stereocenters. The molecule has 0 spiro atoms. The molecule has 1 atom stereocenters. The van der Waals surface area contributed by atoms with Crippen LogP contribution >= 0.6 is 0 Å². The first-order chi connectivity index (χ1) is 9.70. The molecule has 0 amide bonds. The van der Waals surface area contributed by atoms with Crippen LogP contribution in [-0.4, -0.2) is 72.2 Å². The smallest absolute Gasteiger partial charge is 0.320 e. The number of rotatable bonds is 8. The Labute approximate surface area is 121 Å². The summed E-state index contributed by atoms with van der Waals surface area (Å²) in [6, 6.07) is 0.110. The van der Waals surface area contributed by atoms with Gasteiger partial charge in [-0.05, 0) is 38.0 Å². The summed E-state index contributed by atoms with van der Waals surface area (Å²) in [6.07, 6.45) is 5.86. The van der Waals surface area contributed by atoms with Crippen molar-refractivity contribution in [2.45, 2.75) is 44.2 Å². The van der Waals surface area contributed by atoms with E-state index in [1.165, 1.54) is 19.4 Å². The van der Waals surface area contributed by atoms with E-state index in [9.17, 15) is 9.90 Å². The first kappa shape index (κ1) is 14.3. The first-order valence-electron chi connectivity index (χ1n) is 8.14. The summed E-state index contributed by atoms with van der Waals surface area (Å²) in [4.78, 5) is 16.2. The molecule has 2 saturated carbocycles. The predicted octanol–water partition coefficient (Wildman–Crippen LogP) is 0.609. The summed E-state index contributed by atoms with van der Waals surface area (Å²) in [5.41, 5.74) is 0. The number of carboxylic acid groups (broad SMARTS) is 1. The molecular weight excluding hydrogens is 254 g/mol. The first-order valence-corrected chi connectivity index (χ1v) is 8.14. The number of hydrogen-bond acceptors (Lipinski definition) is 4. The van der Waals surface area contributed by atoms with Crippen LogP contribution in [0.15, 0.2) is 0 Å². The second-order valence-electron chi connectivity index (χ2n) is 6.71. The number of aliphatic carboxylic acids is 1. The van der Waals surface area contributed by atoms with E-state index in [1.54, 1.807) is 0 Å². The summed E-state index contributed by atoms with van der Waals surface area (Å²) >= 11 is 0. The maximum atomic E-state index is 11.2. The van der Waals surface area contributed by atoms with Gasteiger partial charge in [0.25, 0.3) is 0 Å². The van der Waals surface area contributed by atoms with Gasteiger partial charge in [-0.15, -0.1) is 0 Å². The van der Waals surface area contributed by atoms with E-state index in [1.807, 2.05) is 0 Å². The SMILES string of the molecule is O=C(O)C(CCN1CCN(CC2CC2)CC1)NC1CC1. The number of hydrogen-bond donors (Lipinski definition) is 2. The second kappa shape index (κ2) is 6.41. The molecule has 1 saturated heterocycles. The highest BCUT2D eigenvalue weighted by molar-refractivity contribution is 5.73. The Hall–Kier alpha value is -0.650. The van der Waals surface area contributed by atoms with Gasteiger partial charge in [-0.25, -0.2) is 0 Å². The molecule has 0 aromatic rings. The van der Waals surface area contributed by atoms with Crippen LogP contribution in [0.3, 0.4) is 0 Å². The maximum absolute atomic E-state index is 11.2. The molecule has 1 aliphatic heterocycles. The molecule has 5 nitrogen and oxygen atoms in total. The Morgan fingerprint density at radius 1 is 1.10 bits per heavy atom. The van der Waals surface area contributed by atoms with Crippen molar-refractivity contribution in [3.63, 3.8) is 0 Å². The van der Waals surface area contributed by atoms with E-state index in [0.717, 1.165) is 57.9 Å². The zero-order chi connectivity index (χ0) is 13.9.